The van der Waals surface area contributed by atoms with Gasteiger partial charge in [0.1, 0.15) is 0 Å². The number of rotatable bonds is 2. The van der Waals surface area contributed by atoms with E-state index < -0.39 is 0 Å². The van der Waals surface area contributed by atoms with E-state index in [9.17, 15) is 0 Å². The highest BCUT2D eigenvalue weighted by molar-refractivity contribution is 5.66. The van der Waals surface area contributed by atoms with Crippen LogP contribution in [0.15, 0.2) is 54.9 Å². The molecule has 21 heavy (non-hydrogen) atoms. The number of aromatic nitrogens is 2. The van der Waals surface area contributed by atoms with Crippen LogP contribution in [0.5, 0.6) is 0 Å². The van der Waals surface area contributed by atoms with Gasteiger partial charge in [0.25, 0.3) is 0 Å². The molecule has 0 unspecified atom stereocenters. The van der Waals surface area contributed by atoms with E-state index in [0.29, 0.717) is 5.56 Å². The number of nitriles is 1. The van der Waals surface area contributed by atoms with Gasteiger partial charge >= 0.3 is 0 Å². The van der Waals surface area contributed by atoms with Crippen LogP contribution in [0.25, 0.3) is 16.8 Å². The van der Waals surface area contributed by atoms with Crippen molar-refractivity contribution < 1.29 is 0 Å². The van der Waals surface area contributed by atoms with E-state index >= 15 is 0 Å². The fourth-order valence-corrected chi connectivity index (χ4v) is 2.25. The molecule has 3 rings (SSSR count). The number of anilines is 1. The van der Waals surface area contributed by atoms with Crippen LogP contribution >= 0.6 is 0 Å². The monoisotopic (exact) mass is 274 g/mol. The quantitative estimate of drug-likeness (QED) is 0.729. The summed E-state index contributed by atoms with van der Waals surface area (Å²) >= 11 is 0. The first-order valence-corrected chi connectivity index (χ1v) is 6.59. The number of aryl methyl sites for hydroxylation is 1. The van der Waals surface area contributed by atoms with Crippen LogP contribution in [-0.4, -0.2) is 9.78 Å². The molecular weight excluding hydrogens is 260 g/mol. The van der Waals surface area contributed by atoms with E-state index in [2.05, 4.69) is 11.2 Å². The Hall–Kier alpha value is -3.06. The van der Waals surface area contributed by atoms with Gasteiger partial charge in [-0.05, 0) is 48.4 Å². The van der Waals surface area contributed by atoms with E-state index in [-0.39, 0.29) is 0 Å². The second-order valence-electron chi connectivity index (χ2n) is 4.91. The minimum atomic E-state index is 0.682. The molecule has 0 aliphatic rings. The maximum absolute atomic E-state index is 8.97. The molecule has 2 N–H and O–H groups in total. The Morgan fingerprint density at radius 2 is 2.00 bits per heavy atom. The molecule has 0 aliphatic carbocycles. The van der Waals surface area contributed by atoms with Crippen LogP contribution in [0.1, 0.15) is 11.1 Å². The van der Waals surface area contributed by atoms with Gasteiger partial charge in [-0.2, -0.15) is 10.4 Å². The molecule has 0 saturated carbocycles. The molecule has 4 heteroatoms. The van der Waals surface area contributed by atoms with Crippen molar-refractivity contribution in [3.8, 4) is 22.9 Å². The number of nitrogens with zero attached hydrogens (tertiary/aromatic N) is 3. The highest BCUT2D eigenvalue weighted by Crippen LogP contribution is 2.22. The zero-order valence-corrected chi connectivity index (χ0v) is 11.6. The summed E-state index contributed by atoms with van der Waals surface area (Å²) in [7, 11) is 0. The Balaban J connectivity index is 1.99. The van der Waals surface area contributed by atoms with E-state index in [1.807, 2.05) is 61.8 Å². The van der Waals surface area contributed by atoms with Gasteiger partial charge in [-0.25, -0.2) is 4.68 Å². The van der Waals surface area contributed by atoms with Crippen molar-refractivity contribution in [2.75, 3.05) is 5.73 Å². The number of hydrogen-bond acceptors (Lipinski definition) is 3. The normalized spacial score (nSPS) is 10.3. The predicted molar refractivity (Wildman–Crippen MR) is 82.9 cm³/mol. The van der Waals surface area contributed by atoms with E-state index in [4.69, 9.17) is 11.0 Å². The molecule has 0 atom stereocenters. The first-order chi connectivity index (χ1) is 10.2. The zero-order valence-electron chi connectivity index (χ0n) is 11.6. The summed E-state index contributed by atoms with van der Waals surface area (Å²) in [6.45, 7) is 1.92. The lowest BCUT2D eigenvalue weighted by Crippen LogP contribution is -1.95. The molecule has 3 aromatic rings. The van der Waals surface area contributed by atoms with Crippen LogP contribution in [-0.2, 0) is 0 Å². The molecule has 0 bridgehead atoms. The van der Waals surface area contributed by atoms with Gasteiger partial charge in [0.15, 0.2) is 0 Å². The SMILES string of the molecule is Cc1cc(-n2cc(-c3cccc(N)c3)cn2)ccc1C#N. The van der Waals surface area contributed by atoms with E-state index in [1.54, 1.807) is 4.68 Å². The highest BCUT2D eigenvalue weighted by atomic mass is 15.3. The standard InChI is InChI=1S/C17H14N4/c1-12-7-17(6-5-14(12)9-18)21-11-15(10-20-21)13-3-2-4-16(19)8-13/h2-8,10-11H,19H2,1H3. The average Bonchev–Trinajstić information content (AvgIpc) is 2.97. The molecule has 2 aromatic carbocycles. The largest absolute Gasteiger partial charge is 0.399 e. The maximum atomic E-state index is 8.97. The minimum absolute atomic E-state index is 0.682. The van der Waals surface area contributed by atoms with Gasteiger partial charge < -0.3 is 5.73 Å². The zero-order chi connectivity index (χ0) is 14.8. The first-order valence-electron chi connectivity index (χ1n) is 6.59. The predicted octanol–water partition coefficient (Wildman–Crippen LogP) is 3.30. The van der Waals surface area contributed by atoms with Gasteiger partial charge in [-0.1, -0.05) is 12.1 Å². The fourth-order valence-electron chi connectivity index (χ4n) is 2.25. The number of nitrogens with two attached hydrogens (primary N) is 1. The first kappa shape index (κ1) is 12.9. The second kappa shape index (κ2) is 5.14. The summed E-state index contributed by atoms with van der Waals surface area (Å²) < 4.78 is 1.80. The summed E-state index contributed by atoms with van der Waals surface area (Å²) in [4.78, 5) is 0. The average molecular weight is 274 g/mol. The lowest BCUT2D eigenvalue weighted by molar-refractivity contribution is 0.879. The van der Waals surface area contributed by atoms with Crippen LogP contribution in [0.4, 0.5) is 5.69 Å². The lowest BCUT2D eigenvalue weighted by atomic mass is 10.1. The Morgan fingerprint density at radius 1 is 1.14 bits per heavy atom. The van der Waals surface area contributed by atoms with Crippen molar-refractivity contribution >= 4 is 5.69 Å². The molecule has 0 saturated heterocycles. The van der Waals surface area contributed by atoms with Crippen LogP contribution in [0.2, 0.25) is 0 Å². The van der Waals surface area contributed by atoms with Crippen molar-refractivity contribution in [3.05, 3.63) is 66.0 Å². The van der Waals surface area contributed by atoms with Crippen molar-refractivity contribution in [1.29, 1.82) is 5.26 Å². The Bertz CT molecular complexity index is 840. The fraction of sp³-hybridized carbons (Fsp3) is 0.0588. The third kappa shape index (κ3) is 2.49. The Morgan fingerprint density at radius 3 is 2.71 bits per heavy atom. The summed E-state index contributed by atoms with van der Waals surface area (Å²) in [6.07, 6.45) is 3.76. The summed E-state index contributed by atoms with van der Waals surface area (Å²) in [5, 5.41) is 13.4. The van der Waals surface area contributed by atoms with Gasteiger partial charge in [0, 0.05) is 17.4 Å². The van der Waals surface area contributed by atoms with Crippen LogP contribution in [0.3, 0.4) is 0 Å². The lowest BCUT2D eigenvalue weighted by Gasteiger charge is -2.04. The molecule has 0 amide bonds. The van der Waals surface area contributed by atoms with Crippen LogP contribution in [0, 0.1) is 18.3 Å². The third-order valence-electron chi connectivity index (χ3n) is 3.40. The third-order valence-corrected chi connectivity index (χ3v) is 3.40. The van der Waals surface area contributed by atoms with Crippen molar-refractivity contribution in [2.24, 2.45) is 0 Å². The Kier molecular flexibility index (Phi) is 3.17. The van der Waals surface area contributed by atoms with E-state index in [1.165, 1.54) is 0 Å². The summed E-state index contributed by atoms with van der Waals surface area (Å²) in [6, 6.07) is 15.5. The van der Waals surface area contributed by atoms with Gasteiger partial charge in [0.2, 0.25) is 0 Å². The summed E-state index contributed by atoms with van der Waals surface area (Å²) in [5.41, 5.74) is 11.1. The molecule has 1 heterocycles. The van der Waals surface area contributed by atoms with Crippen molar-refractivity contribution in [3.63, 3.8) is 0 Å². The van der Waals surface area contributed by atoms with Crippen molar-refractivity contribution in [1.82, 2.24) is 9.78 Å². The Labute approximate surface area is 123 Å². The number of hydrogen-bond donors (Lipinski definition) is 1. The molecular formula is C17H14N4. The molecule has 0 radical (unpaired) electrons. The minimum Gasteiger partial charge on any atom is -0.399 e. The van der Waals surface area contributed by atoms with E-state index in [0.717, 1.165) is 28.1 Å². The smallest absolute Gasteiger partial charge is 0.0994 e. The number of benzene rings is 2. The van der Waals surface area contributed by atoms with Gasteiger partial charge in [-0.15, -0.1) is 0 Å². The molecule has 0 aliphatic heterocycles. The molecule has 102 valence electrons. The van der Waals surface area contributed by atoms with Crippen molar-refractivity contribution in [2.45, 2.75) is 6.92 Å². The van der Waals surface area contributed by atoms with Gasteiger partial charge in [-0.3, -0.25) is 0 Å². The van der Waals surface area contributed by atoms with Crippen LogP contribution < -0.4 is 5.73 Å². The topological polar surface area (TPSA) is 67.6 Å². The second-order valence-corrected chi connectivity index (χ2v) is 4.91. The molecule has 0 spiro atoms. The molecule has 0 fully saturated rings. The maximum Gasteiger partial charge on any atom is 0.0994 e. The van der Waals surface area contributed by atoms with Gasteiger partial charge in [0.05, 0.1) is 23.5 Å². The molecule has 1 aromatic heterocycles. The molecule has 4 nitrogen and oxygen atoms in total. The number of nitrogen functional groups attached to an aromatic ring is 1. The highest BCUT2D eigenvalue weighted by Gasteiger charge is 2.05. The summed E-state index contributed by atoms with van der Waals surface area (Å²) in [5.74, 6) is 0.